The molecule has 0 spiro atoms. The molecule has 214 valence electrons. The Labute approximate surface area is 239 Å². The summed E-state index contributed by atoms with van der Waals surface area (Å²) in [6.07, 6.45) is 2.20. The van der Waals surface area contributed by atoms with Gasteiger partial charge in [0.1, 0.15) is 12.1 Å². The summed E-state index contributed by atoms with van der Waals surface area (Å²) in [6.45, 7) is 1.95. The van der Waals surface area contributed by atoms with Crippen molar-refractivity contribution in [3.63, 3.8) is 0 Å². The van der Waals surface area contributed by atoms with E-state index in [4.69, 9.17) is 5.73 Å². The number of aromatic nitrogens is 3. The first-order chi connectivity index (χ1) is 20.1. The van der Waals surface area contributed by atoms with Gasteiger partial charge in [0.15, 0.2) is 5.82 Å². The molecule has 2 unspecified atom stereocenters. The van der Waals surface area contributed by atoms with Crippen LogP contribution in [0.3, 0.4) is 0 Å². The van der Waals surface area contributed by atoms with E-state index in [1.165, 1.54) is 35.3 Å². The molecule has 2 atom stereocenters. The number of nitrogens with two attached hydrogens (primary N) is 1. The smallest absolute Gasteiger partial charge is 0.406 e. The van der Waals surface area contributed by atoms with Gasteiger partial charge in [0.2, 0.25) is 5.96 Å². The molecule has 1 heterocycles. The predicted molar refractivity (Wildman–Crippen MR) is 152 cm³/mol. The fraction of sp³-hybridized carbons (Fsp3) is 0.133. The van der Waals surface area contributed by atoms with Crippen LogP contribution in [-0.4, -0.2) is 33.1 Å². The Balaban J connectivity index is 1.20. The Bertz CT molecular complexity index is 1650. The van der Waals surface area contributed by atoms with E-state index >= 15 is 0 Å². The Hall–Kier alpha value is -5.39. The number of alkyl halides is 3. The second kappa shape index (κ2) is 12.0. The number of rotatable bonds is 6. The molecule has 42 heavy (non-hydrogen) atoms. The van der Waals surface area contributed by atoms with Crippen molar-refractivity contribution in [3.05, 3.63) is 115 Å². The molecule has 1 aliphatic carbocycles. The number of urea groups is 1. The van der Waals surface area contributed by atoms with Gasteiger partial charge in [0.25, 0.3) is 0 Å². The van der Waals surface area contributed by atoms with E-state index < -0.39 is 12.4 Å². The van der Waals surface area contributed by atoms with E-state index in [9.17, 15) is 18.0 Å². The first kappa shape index (κ1) is 28.1. The van der Waals surface area contributed by atoms with Crippen molar-refractivity contribution in [2.45, 2.75) is 19.2 Å². The van der Waals surface area contributed by atoms with Gasteiger partial charge < -0.3 is 15.8 Å². The van der Waals surface area contributed by atoms with Gasteiger partial charge >= 0.3 is 12.4 Å². The molecule has 2 amide bonds. The second-order valence-corrected chi connectivity index (χ2v) is 9.41. The number of aliphatic imine (C=N–C) groups is 1. The van der Waals surface area contributed by atoms with Crippen LogP contribution in [0, 0.1) is 5.92 Å². The average molecular weight is 574 g/mol. The van der Waals surface area contributed by atoms with Crippen LogP contribution < -0.4 is 21.1 Å². The lowest BCUT2D eigenvalue weighted by Gasteiger charge is -2.21. The van der Waals surface area contributed by atoms with Crippen LogP contribution in [0.4, 0.5) is 23.7 Å². The van der Waals surface area contributed by atoms with Crippen LogP contribution in [0.25, 0.3) is 16.8 Å². The van der Waals surface area contributed by atoms with Crippen LogP contribution in [0.15, 0.2) is 114 Å². The summed E-state index contributed by atoms with van der Waals surface area (Å²) < 4.78 is 42.6. The number of ether oxygens (including phenoxy) is 1. The lowest BCUT2D eigenvalue weighted by atomic mass is 9.88. The molecular weight excluding hydrogens is 547 g/mol. The number of allylic oxidation sites excluding steroid dienone is 3. The monoisotopic (exact) mass is 573 g/mol. The van der Waals surface area contributed by atoms with Gasteiger partial charge in [-0.3, -0.25) is 5.32 Å². The molecule has 12 heteroatoms. The Morgan fingerprint density at radius 1 is 1.02 bits per heavy atom. The Morgan fingerprint density at radius 3 is 2.45 bits per heavy atom. The third kappa shape index (κ3) is 7.02. The van der Waals surface area contributed by atoms with Gasteiger partial charge in [-0.15, -0.1) is 13.2 Å². The highest BCUT2D eigenvalue weighted by Gasteiger charge is 2.31. The lowest BCUT2D eigenvalue weighted by Crippen LogP contribution is -2.43. The molecule has 9 nitrogen and oxygen atoms in total. The van der Waals surface area contributed by atoms with E-state index in [1.54, 1.807) is 6.08 Å². The first-order valence-corrected chi connectivity index (χ1v) is 12.9. The van der Waals surface area contributed by atoms with Crippen molar-refractivity contribution in [1.82, 2.24) is 25.4 Å². The molecule has 0 aliphatic heterocycles. The third-order valence-electron chi connectivity index (χ3n) is 6.36. The summed E-state index contributed by atoms with van der Waals surface area (Å²) in [5.74, 6) is -0.131. The molecule has 1 aliphatic rings. The summed E-state index contributed by atoms with van der Waals surface area (Å²) in [5.41, 5.74) is 9.59. The molecule has 0 fully saturated rings. The molecule has 0 saturated heterocycles. The highest BCUT2D eigenvalue weighted by atomic mass is 19.4. The minimum atomic E-state index is -4.76. The van der Waals surface area contributed by atoms with Crippen LogP contribution in [-0.2, 0) is 0 Å². The number of nitrogens with one attached hydrogen (secondary N) is 2. The lowest BCUT2D eigenvalue weighted by molar-refractivity contribution is -0.274. The molecule has 4 N–H and O–H groups in total. The summed E-state index contributed by atoms with van der Waals surface area (Å²) >= 11 is 0. The maximum atomic E-state index is 12.6. The zero-order chi connectivity index (χ0) is 29.7. The van der Waals surface area contributed by atoms with E-state index in [-0.39, 0.29) is 23.5 Å². The number of hydrogen-bond acceptors (Lipinski definition) is 5. The van der Waals surface area contributed by atoms with Crippen molar-refractivity contribution in [2.24, 2.45) is 16.6 Å². The predicted octanol–water partition coefficient (Wildman–Crippen LogP) is 5.95. The Kier molecular flexibility index (Phi) is 8.05. The van der Waals surface area contributed by atoms with Crippen molar-refractivity contribution < 1.29 is 22.7 Å². The van der Waals surface area contributed by atoms with Crippen molar-refractivity contribution >= 4 is 17.7 Å². The number of amides is 2. The SMILES string of the molecule is CC1C=C(NC(=O)NC(N)=Nc2ccccc2-c2ccccc2)C=CC1c1ncn(-c2ccc(OC(F)(F)F)cc2)n1. The van der Waals surface area contributed by atoms with E-state index in [0.29, 0.717) is 22.9 Å². The van der Waals surface area contributed by atoms with Gasteiger partial charge in [0, 0.05) is 17.2 Å². The molecular formula is C30H26F3N7O2. The first-order valence-electron chi connectivity index (χ1n) is 12.9. The van der Waals surface area contributed by atoms with E-state index in [2.05, 4.69) is 30.4 Å². The highest BCUT2D eigenvalue weighted by Crippen LogP contribution is 2.31. The number of carbonyl (C=O) groups excluding carboxylic acids is 1. The normalized spacial score (nSPS) is 17.0. The average Bonchev–Trinajstić information content (AvgIpc) is 3.43. The summed E-state index contributed by atoms with van der Waals surface area (Å²) in [7, 11) is 0. The van der Waals surface area contributed by atoms with Crippen LogP contribution in [0.1, 0.15) is 18.7 Å². The van der Waals surface area contributed by atoms with Crippen molar-refractivity contribution in [1.29, 1.82) is 0 Å². The van der Waals surface area contributed by atoms with Gasteiger partial charge in [-0.25, -0.2) is 19.5 Å². The molecule has 0 saturated carbocycles. The minimum Gasteiger partial charge on any atom is -0.406 e. The number of halogens is 3. The Morgan fingerprint density at radius 2 is 1.74 bits per heavy atom. The summed E-state index contributed by atoms with van der Waals surface area (Å²) in [6, 6.07) is 22.0. The topological polar surface area (TPSA) is 119 Å². The molecule has 3 aromatic carbocycles. The fourth-order valence-electron chi connectivity index (χ4n) is 4.45. The standard InChI is InChI=1S/C30H26F3N7O2/c1-19-17-21(36-29(41)38-28(34)37-26-10-6-5-9-25(26)20-7-3-2-4-8-20)11-16-24(19)27-35-18-40(39-27)22-12-14-23(15-13-22)42-30(31,32)33/h2-19,24H,1H3,(H4,34,36,37,38,41). The zero-order valence-electron chi connectivity index (χ0n) is 22.3. The maximum Gasteiger partial charge on any atom is 0.573 e. The molecule has 0 bridgehead atoms. The number of hydrogen-bond donors (Lipinski definition) is 3. The zero-order valence-corrected chi connectivity index (χ0v) is 22.3. The summed E-state index contributed by atoms with van der Waals surface area (Å²) in [4.78, 5) is 21.4. The number of benzene rings is 3. The number of nitrogens with zero attached hydrogens (tertiary/aromatic N) is 4. The quantitative estimate of drug-likeness (QED) is 0.195. The number of carbonyl (C=O) groups is 1. The largest absolute Gasteiger partial charge is 0.573 e. The minimum absolute atomic E-state index is 0.0602. The molecule has 5 rings (SSSR count). The molecule has 4 aromatic rings. The second-order valence-electron chi connectivity index (χ2n) is 9.41. The molecule has 0 radical (unpaired) electrons. The highest BCUT2D eigenvalue weighted by molar-refractivity contribution is 5.98. The van der Waals surface area contributed by atoms with Gasteiger partial charge in [-0.05, 0) is 47.9 Å². The van der Waals surface area contributed by atoms with Gasteiger partial charge in [-0.1, -0.05) is 67.6 Å². The van der Waals surface area contributed by atoms with Crippen LogP contribution >= 0.6 is 0 Å². The third-order valence-corrected chi connectivity index (χ3v) is 6.36. The maximum absolute atomic E-state index is 12.6. The van der Waals surface area contributed by atoms with Gasteiger partial charge in [0.05, 0.1) is 11.4 Å². The number of para-hydroxylation sites is 1. The fourth-order valence-corrected chi connectivity index (χ4v) is 4.45. The summed E-state index contributed by atoms with van der Waals surface area (Å²) in [5, 5.41) is 9.80. The van der Waals surface area contributed by atoms with Crippen LogP contribution in [0.5, 0.6) is 5.75 Å². The van der Waals surface area contributed by atoms with E-state index in [1.807, 2.05) is 73.7 Å². The van der Waals surface area contributed by atoms with E-state index in [0.717, 1.165) is 11.1 Å². The van der Waals surface area contributed by atoms with Crippen molar-refractivity contribution in [2.75, 3.05) is 0 Å². The molecule has 1 aromatic heterocycles. The van der Waals surface area contributed by atoms with Crippen molar-refractivity contribution in [3.8, 4) is 22.6 Å². The van der Waals surface area contributed by atoms with Gasteiger partial charge in [-0.2, -0.15) is 5.10 Å². The van der Waals surface area contributed by atoms with Crippen LogP contribution in [0.2, 0.25) is 0 Å². The number of guanidine groups is 1.